The van der Waals surface area contributed by atoms with Crippen molar-refractivity contribution in [3.8, 4) is 5.75 Å². The van der Waals surface area contributed by atoms with Crippen LogP contribution in [-0.2, 0) is 23.0 Å². The van der Waals surface area contributed by atoms with Gasteiger partial charge in [-0.3, -0.25) is 0 Å². The van der Waals surface area contributed by atoms with Gasteiger partial charge in [0.1, 0.15) is 11.9 Å². The zero-order chi connectivity index (χ0) is 20.0. The molecule has 1 aliphatic heterocycles. The van der Waals surface area contributed by atoms with Crippen LogP contribution in [0.3, 0.4) is 0 Å². The van der Waals surface area contributed by atoms with Crippen LogP contribution < -0.4 is 20.1 Å². The lowest BCUT2D eigenvalue weighted by Crippen LogP contribution is -2.42. The number of sulfonamides is 1. The minimum absolute atomic E-state index is 0. The maximum Gasteiger partial charge on any atom is 0.240 e. The highest BCUT2D eigenvalue weighted by Gasteiger charge is 2.22. The molecule has 0 spiro atoms. The Morgan fingerprint density at radius 2 is 1.86 bits per heavy atom. The molecule has 1 aliphatic rings. The number of nitrogens with one attached hydrogen (secondary N) is 3. The minimum Gasteiger partial charge on any atom is -0.488 e. The topological polar surface area (TPSA) is 91.8 Å². The number of halogens is 1. The Hall–Kier alpha value is -1.85. The molecule has 0 saturated heterocycles. The molecule has 0 amide bonds. The Bertz CT molecular complexity index is 908. The second kappa shape index (κ2) is 10.8. The first-order valence-electron chi connectivity index (χ1n) is 9.31. The van der Waals surface area contributed by atoms with Crippen LogP contribution in [0.2, 0.25) is 0 Å². The van der Waals surface area contributed by atoms with Gasteiger partial charge in [0, 0.05) is 13.0 Å². The fraction of sp³-hybridized carbons (Fsp3) is 0.350. The van der Waals surface area contributed by atoms with Crippen molar-refractivity contribution in [2.24, 2.45) is 4.99 Å². The summed E-state index contributed by atoms with van der Waals surface area (Å²) in [6.45, 7) is 3.86. The summed E-state index contributed by atoms with van der Waals surface area (Å²) >= 11 is 0. The van der Waals surface area contributed by atoms with Crippen molar-refractivity contribution in [1.82, 2.24) is 15.4 Å². The van der Waals surface area contributed by atoms with Crippen molar-refractivity contribution >= 4 is 40.0 Å². The Kier molecular flexibility index (Phi) is 8.72. The van der Waals surface area contributed by atoms with Crippen molar-refractivity contribution in [3.63, 3.8) is 0 Å². The zero-order valence-corrected chi connectivity index (χ0v) is 19.7. The van der Waals surface area contributed by atoms with Gasteiger partial charge in [0.05, 0.1) is 18.0 Å². The van der Waals surface area contributed by atoms with E-state index in [1.807, 2.05) is 25.1 Å². The summed E-state index contributed by atoms with van der Waals surface area (Å²) in [6, 6.07) is 14.8. The summed E-state index contributed by atoms with van der Waals surface area (Å²) in [6.07, 6.45) is 0.955. The SMILES string of the molecule is CCNC(=NCc1ccc(S(=O)(=O)NC)cc1)NCC1Cc2ccccc2O1.I. The van der Waals surface area contributed by atoms with E-state index < -0.39 is 10.0 Å². The van der Waals surface area contributed by atoms with Crippen LogP contribution in [0, 0.1) is 0 Å². The summed E-state index contributed by atoms with van der Waals surface area (Å²) in [7, 11) is -2.02. The third kappa shape index (κ3) is 6.31. The highest BCUT2D eigenvalue weighted by molar-refractivity contribution is 14.0. The van der Waals surface area contributed by atoms with Gasteiger partial charge < -0.3 is 15.4 Å². The van der Waals surface area contributed by atoms with Gasteiger partial charge in [0.15, 0.2) is 5.96 Å². The minimum atomic E-state index is -3.42. The lowest BCUT2D eigenvalue weighted by atomic mass is 10.1. The van der Waals surface area contributed by atoms with E-state index in [1.165, 1.54) is 12.6 Å². The average Bonchev–Trinajstić information content (AvgIpc) is 3.13. The molecule has 1 heterocycles. The molecule has 0 bridgehead atoms. The fourth-order valence-electron chi connectivity index (χ4n) is 2.98. The number of para-hydroxylation sites is 1. The molecule has 0 aromatic heterocycles. The Labute approximate surface area is 189 Å². The van der Waals surface area contributed by atoms with E-state index in [4.69, 9.17) is 4.74 Å². The van der Waals surface area contributed by atoms with Crippen LogP contribution in [-0.4, -0.2) is 40.6 Å². The quantitative estimate of drug-likeness (QED) is 0.290. The fourth-order valence-corrected chi connectivity index (χ4v) is 3.71. The number of benzene rings is 2. The molecule has 0 fully saturated rings. The molecule has 7 nitrogen and oxygen atoms in total. The lowest BCUT2D eigenvalue weighted by molar-refractivity contribution is 0.235. The molecular formula is C20H27IN4O3S. The van der Waals surface area contributed by atoms with Gasteiger partial charge in [-0.05, 0) is 43.3 Å². The predicted octanol–water partition coefficient (Wildman–Crippen LogP) is 2.27. The highest BCUT2D eigenvalue weighted by Crippen LogP contribution is 2.27. The summed E-state index contributed by atoms with van der Waals surface area (Å²) in [5.41, 5.74) is 2.16. The summed E-state index contributed by atoms with van der Waals surface area (Å²) in [5, 5.41) is 6.54. The van der Waals surface area contributed by atoms with E-state index in [-0.39, 0.29) is 35.0 Å². The van der Waals surface area contributed by atoms with E-state index >= 15 is 0 Å². The van der Waals surface area contributed by atoms with Crippen molar-refractivity contribution in [2.45, 2.75) is 30.9 Å². The zero-order valence-electron chi connectivity index (χ0n) is 16.5. The number of hydrogen-bond donors (Lipinski definition) is 3. The number of rotatable bonds is 7. The van der Waals surface area contributed by atoms with Crippen molar-refractivity contribution in [3.05, 3.63) is 59.7 Å². The molecule has 29 heavy (non-hydrogen) atoms. The highest BCUT2D eigenvalue weighted by atomic mass is 127. The normalized spacial score (nSPS) is 15.8. The molecule has 0 radical (unpaired) electrons. The molecule has 3 N–H and O–H groups in total. The van der Waals surface area contributed by atoms with Crippen LogP contribution >= 0.6 is 24.0 Å². The second-order valence-electron chi connectivity index (χ2n) is 6.48. The van der Waals surface area contributed by atoms with Gasteiger partial charge in [0.2, 0.25) is 10.0 Å². The summed E-state index contributed by atoms with van der Waals surface area (Å²) < 4.78 is 31.8. The van der Waals surface area contributed by atoms with Crippen LogP contribution in [0.4, 0.5) is 0 Å². The second-order valence-corrected chi connectivity index (χ2v) is 8.37. The Morgan fingerprint density at radius 3 is 2.52 bits per heavy atom. The lowest BCUT2D eigenvalue weighted by Gasteiger charge is -2.15. The molecule has 0 saturated carbocycles. The smallest absolute Gasteiger partial charge is 0.240 e. The van der Waals surface area contributed by atoms with Crippen molar-refractivity contribution in [2.75, 3.05) is 20.1 Å². The number of ether oxygens (including phenoxy) is 1. The van der Waals surface area contributed by atoms with Gasteiger partial charge in [-0.1, -0.05) is 30.3 Å². The molecule has 2 aromatic carbocycles. The molecule has 1 atom stereocenters. The third-order valence-electron chi connectivity index (χ3n) is 4.48. The maximum absolute atomic E-state index is 11.8. The van der Waals surface area contributed by atoms with Crippen LogP contribution in [0.5, 0.6) is 5.75 Å². The number of hydrogen-bond acceptors (Lipinski definition) is 4. The third-order valence-corrected chi connectivity index (χ3v) is 5.91. The first-order chi connectivity index (χ1) is 13.5. The van der Waals surface area contributed by atoms with Gasteiger partial charge in [-0.15, -0.1) is 24.0 Å². The standard InChI is InChI=1S/C20H26N4O3S.HI/c1-3-22-20(24-14-17-12-16-6-4-5-7-19(16)27-17)23-13-15-8-10-18(11-9-15)28(25,26)21-2;/h4-11,17,21H,3,12-14H2,1-2H3,(H2,22,23,24);1H. The van der Waals surface area contributed by atoms with Crippen molar-refractivity contribution < 1.29 is 13.2 Å². The number of nitrogens with zero attached hydrogens (tertiary/aromatic N) is 1. The molecule has 2 aromatic rings. The van der Waals surface area contributed by atoms with Crippen LogP contribution in [0.25, 0.3) is 0 Å². The first-order valence-corrected chi connectivity index (χ1v) is 10.8. The molecule has 3 rings (SSSR count). The van der Waals surface area contributed by atoms with Gasteiger partial charge >= 0.3 is 0 Å². The van der Waals surface area contributed by atoms with Crippen LogP contribution in [0.15, 0.2) is 58.4 Å². The molecule has 158 valence electrons. The Balaban J connectivity index is 0.00000300. The predicted molar refractivity (Wildman–Crippen MR) is 125 cm³/mol. The van der Waals surface area contributed by atoms with Gasteiger partial charge in [-0.25, -0.2) is 18.1 Å². The van der Waals surface area contributed by atoms with Gasteiger partial charge in [0.25, 0.3) is 0 Å². The van der Waals surface area contributed by atoms with Crippen LogP contribution in [0.1, 0.15) is 18.1 Å². The Morgan fingerprint density at radius 1 is 1.14 bits per heavy atom. The van der Waals surface area contributed by atoms with E-state index in [2.05, 4.69) is 26.4 Å². The molecule has 9 heteroatoms. The molecule has 0 aliphatic carbocycles. The molecular weight excluding hydrogens is 503 g/mol. The van der Waals surface area contributed by atoms with E-state index in [1.54, 1.807) is 24.3 Å². The number of guanidine groups is 1. The molecule has 1 unspecified atom stereocenters. The largest absolute Gasteiger partial charge is 0.488 e. The summed E-state index contributed by atoms with van der Waals surface area (Å²) in [5.74, 6) is 1.65. The summed E-state index contributed by atoms with van der Waals surface area (Å²) in [4.78, 5) is 4.82. The monoisotopic (exact) mass is 530 g/mol. The number of fused-ring (bicyclic) bond motifs is 1. The van der Waals surface area contributed by atoms with E-state index in [0.717, 1.165) is 24.3 Å². The van der Waals surface area contributed by atoms with E-state index in [0.29, 0.717) is 19.0 Å². The van der Waals surface area contributed by atoms with Gasteiger partial charge in [-0.2, -0.15) is 0 Å². The maximum atomic E-state index is 11.8. The first kappa shape index (κ1) is 23.4. The van der Waals surface area contributed by atoms with E-state index in [9.17, 15) is 8.42 Å². The average molecular weight is 530 g/mol. The number of aliphatic imine (C=N–C) groups is 1. The van der Waals surface area contributed by atoms with Crippen molar-refractivity contribution in [1.29, 1.82) is 0 Å².